The Morgan fingerprint density at radius 1 is 1.19 bits per heavy atom. The summed E-state index contributed by atoms with van der Waals surface area (Å²) in [5.74, 6) is -0.635. The molecule has 0 radical (unpaired) electrons. The van der Waals surface area contributed by atoms with E-state index in [2.05, 4.69) is 10.4 Å². The van der Waals surface area contributed by atoms with Gasteiger partial charge in [-0.25, -0.2) is 9.48 Å². The topological polar surface area (TPSA) is 103 Å². The van der Waals surface area contributed by atoms with Gasteiger partial charge in [0.05, 0.1) is 18.2 Å². The SMILES string of the molecule is CCCn1nc(C(=O)OCC(=O)NCc2ccco2)c2ccccc2c1=O. The molecule has 0 bridgehead atoms. The number of esters is 1. The largest absolute Gasteiger partial charge is 0.467 e. The van der Waals surface area contributed by atoms with Crippen molar-refractivity contribution in [2.75, 3.05) is 6.61 Å². The number of amides is 1. The highest BCUT2D eigenvalue weighted by atomic mass is 16.5. The van der Waals surface area contributed by atoms with Crippen molar-refractivity contribution in [3.05, 3.63) is 64.5 Å². The maximum Gasteiger partial charge on any atom is 0.359 e. The number of carbonyl (C=O) groups excluding carboxylic acids is 2. The zero-order valence-electron chi connectivity index (χ0n) is 14.8. The molecule has 140 valence electrons. The molecule has 8 heteroatoms. The minimum atomic E-state index is -0.760. The van der Waals surface area contributed by atoms with Crippen LogP contribution in [0.3, 0.4) is 0 Å². The molecule has 2 aromatic heterocycles. The molecule has 0 saturated heterocycles. The highest BCUT2D eigenvalue weighted by molar-refractivity contribution is 6.02. The van der Waals surface area contributed by atoms with Crippen LogP contribution in [0.15, 0.2) is 51.9 Å². The number of hydrogen-bond donors (Lipinski definition) is 1. The molecule has 1 aromatic carbocycles. The highest BCUT2D eigenvalue weighted by Crippen LogP contribution is 2.14. The molecule has 3 aromatic rings. The van der Waals surface area contributed by atoms with Crippen molar-refractivity contribution < 1.29 is 18.7 Å². The summed E-state index contributed by atoms with van der Waals surface area (Å²) in [6.45, 7) is 2.03. The number of rotatable bonds is 7. The number of nitrogens with zero attached hydrogens (tertiary/aromatic N) is 2. The number of aromatic nitrogens is 2. The number of hydrogen-bond acceptors (Lipinski definition) is 6. The maximum absolute atomic E-state index is 12.5. The van der Waals surface area contributed by atoms with Gasteiger partial charge in [0.25, 0.3) is 11.5 Å². The van der Waals surface area contributed by atoms with E-state index in [-0.39, 0.29) is 17.8 Å². The van der Waals surface area contributed by atoms with Gasteiger partial charge in [0.1, 0.15) is 5.76 Å². The Balaban J connectivity index is 1.74. The van der Waals surface area contributed by atoms with Gasteiger partial charge in [0, 0.05) is 11.9 Å². The molecule has 8 nitrogen and oxygen atoms in total. The molecule has 27 heavy (non-hydrogen) atoms. The molecular weight excluding hydrogens is 350 g/mol. The third-order valence-corrected chi connectivity index (χ3v) is 3.87. The predicted molar refractivity (Wildman–Crippen MR) is 97.1 cm³/mol. The fraction of sp³-hybridized carbons (Fsp3) is 0.263. The molecule has 1 N–H and O–H groups in total. The van der Waals surface area contributed by atoms with E-state index >= 15 is 0 Å². The smallest absolute Gasteiger partial charge is 0.359 e. The number of benzene rings is 1. The minimum absolute atomic E-state index is 0.0116. The van der Waals surface area contributed by atoms with Crippen LogP contribution in [0.5, 0.6) is 0 Å². The van der Waals surface area contributed by atoms with Crippen LogP contribution in [0.2, 0.25) is 0 Å². The molecule has 0 spiro atoms. The van der Waals surface area contributed by atoms with E-state index in [9.17, 15) is 14.4 Å². The summed E-state index contributed by atoms with van der Waals surface area (Å²) in [6.07, 6.45) is 2.19. The van der Waals surface area contributed by atoms with Crippen molar-refractivity contribution in [1.82, 2.24) is 15.1 Å². The van der Waals surface area contributed by atoms with E-state index in [1.165, 1.54) is 10.9 Å². The Morgan fingerprint density at radius 3 is 2.67 bits per heavy atom. The molecule has 0 aliphatic rings. The summed E-state index contributed by atoms with van der Waals surface area (Å²) in [5, 5.41) is 7.51. The number of aryl methyl sites for hydroxylation is 1. The molecule has 0 fully saturated rings. The average Bonchev–Trinajstić information content (AvgIpc) is 3.20. The first-order valence-corrected chi connectivity index (χ1v) is 8.56. The Hall–Kier alpha value is -3.42. The third-order valence-electron chi connectivity index (χ3n) is 3.87. The van der Waals surface area contributed by atoms with Crippen LogP contribution >= 0.6 is 0 Å². The van der Waals surface area contributed by atoms with E-state index in [1.54, 1.807) is 36.4 Å². The van der Waals surface area contributed by atoms with Crippen LogP contribution in [0.1, 0.15) is 29.6 Å². The van der Waals surface area contributed by atoms with E-state index in [0.717, 1.165) is 0 Å². The molecule has 2 heterocycles. The lowest BCUT2D eigenvalue weighted by Gasteiger charge is -2.10. The third kappa shape index (κ3) is 4.22. The Morgan fingerprint density at radius 2 is 1.96 bits per heavy atom. The van der Waals surface area contributed by atoms with Crippen LogP contribution in [-0.2, 0) is 22.6 Å². The van der Waals surface area contributed by atoms with Gasteiger partial charge < -0.3 is 14.5 Å². The maximum atomic E-state index is 12.5. The monoisotopic (exact) mass is 369 g/mol. The van der Waals surface area contributed by atoms with Crippen LogP contribution in [0.25, 0.3) is 10.8 Å². The molecular formula is C19H19N3O5. The second-order valence-electron chi connectivity index (χ2n) is 5.85. The Bertz CT molecular complexity index is 1010. The second kappa shape index (κ2) is 8.31. The zero-order valence-corrected chi connectivity index (χ0v) is 14.8. The number of carbonyl (C=O) groups is 2. The van der Waals surface area contributed by atoms with Gasteiger partial charge in [-0.2, -0.15) is 5.10 Å². The standard InChI is InChI=1S/C19H19N3O5/c1-2-9-22-18(24)15-8-4-3-7-14(15)17(21-22)19(25)27-12-16(23)20-11-13-6-5-10-26-13/h3-8,10H,2,9,11-12H2,1H3,(H,20,23). The number of fused-ring (bicyclic) bond motifs is 1. The molecule has 0 saturated carbocycles. The number of nitrogens with one attached hydrogen (secondary N) is 1. The Kier molecular flexibility index (Phi) is 5.65. The van der Waals surface area contributed by atoms with Gasteiger partial charge in [-0.05, 0) is 24.6 Å². The van der Waals surface area contributed by atoms with Gasteiger partial charge in [-0.3, -0.25) is 9.59 Å². The first-order valence-electron chi connectivity index (χ1n) is 8.56. The molecule has 3 rings (SSSR count). The fourth-order valence-electron chi connectivity index (χ4n) is 2.60. The van der Waals surface area contributed by atoms with E-state index < -0.39 is 18.5 Å². The molecule has 0 unspecified atom stereocenters. The van der Waals surface area contributed by atoms with Crippen molar-refractivity contribution in [2.24, 2.45) is 0 Å². The van der Waals surface area contributed by atoms with Crippen molar-refractivity contribution in [3.63, 3.8) is 0 Å². The second-order valence-corrected chi connectivity index (χ2v) is 5.85. The van der Waals surface area contributed by atoms with Crippen molar-refractivity contribution >= 4 is 22.6 Å². The number of furan rings is 1. The number of ether oxygens (including phenoxy) is 1. The lowest BCUT2D eigenvalue weighted by atomic mass is 10.1. The summed E-state index contributed by atoms with van der Waals surface area (Å²) in [4.78, 5) is 36.8. The summed E-state index contributed by atoms with van der Waals surface area (Å²) in [7, 11) is 0. The van der Waals surface area contributed by atoms with Crippen LogP contribution < -0.4 is 10.9 Å². The van der Waals surface area contributed by atoms with Crippen molar-refractivity contribution in [3.8, 4) is 0 Å². The van der Waals surface area contributed by atoms with Crippen LogP contribution in [0.4, 0.5) is 0 Å². The van der Waals surface area contributed by atoms with Gasteiger partial charge in [-0.15, -0.1) is 0 Å². The zero-order chi connectivity index (χ0) is 19.2. The molecule has 0 atom stereocenters. The molecule has 1 amide bonds. The quantitative estimate of drug-likeness (QED) is 0.638. The molecule has 0 aliphatic carbocycles. The summed E-state index contributed by atoms with van der Waals surface area (Å²) < 4.78 is 11.4. The average molecular weight is 369 g/mol. The van der Waals surface area contributed by atoms with Gasteiger partial charge in [-0.1, -0.05) is 25.1 Å². The summed E-state index contributed by atoms with van der Waals surface area (Å²) in [6, 6.07) is 10.1. The van der Waals surface area contributed by atoms with Crippen LogP contribution in [-0.4, -0.2) is 28.3 Å². The lowest BCUT2D eigenvalue weighted by molar-refractivity contribution is -0.124. The Labute approximate surface area is 154 Å². The van der Waals surface area contributed by atoms with E-state index in [0.29, 0.717) is 29.5 Å². The predicted octanol–water partition coefficient (Wildman–Crippen LogP) is 1.87. The van der Waals surface area contributed by atoms with Crippen molar-refractivity contribution in [1.29, 1.82) is 0 Å². The van der Waals surface area contributed by atoms with Gasteiger partial charge in [0.2, 0.25) is 0 Å². The highest BCUT2D eigenvalue weighted by Gasteiger charge is 2.18. The van der Waals surface area contributed by atoms with Gasteiger partial charge >= 0.3 is 5.97 Å². The van der Waals surface area contributed by atoms with E-state index in [1.807, 2.05) is 6.92 Å². The first kappa shape index (κ1) is 18.4. The van der Waals surface area contributed by atoms with Crippen LogP contribution in [0, 0.1) is 0 Å². The summed E-state index contributed by atoms with van der Waals surface area (Å²) >= 11 is 0. The normalized spacial score (nSPS) is 10.7. The first-order chi connectivity index (χ1) is 13.1. The van der Waals surface area contributed by atoms with E-state index in [4.69, 9.17) is 9.15 Å². The fourth-order valence-corrected chi connectivity index (χ4v) is 2.60. The summed E-state index contributed by atoms with van der Waals surface area (Å²) in [5.41, 5.74) is -0.252. The van der Waals surface area contributed by atoms with Crippen molar-refractivity contribution in [2.45, 2.75) is 26.4 Å². The molecule has 0 aliphatic heterocycles. The lowest BCUT2D eigenvalue weighted by Crippen LogP contribution is -2.30. The van der Waals surface area contributed by atoms with Gasteiger partial charge in [0.15, 0.2) is 12.3 Å². The minimum Gasteiger partial charge on any atom is -0.467 e.